The highest BCUT2D eigenvalue weighted by molar-refractivity contribution is 7.20. The Hall–Kier alpha value is -2.82. The molecule has 3 amide bonds. The largest absolute Gasteiger partial charge is 0.492 e. The summed E-state index contributed by atoms with van der Waals surface area (Å²) in [5.74, 6) is 1.00. The molecule has 1 fully saturated rings. The van der Waals surface area contributed by atoms with E-state index in [2.05, 4.69) is 34.7 Å². The number of nitrogens with one attached hydrogen (secondary N) is 3. The van der Waals surface area contributed by atoms with E-state index in [1.807, 2.05) is 24.3 Å². The Morgan fingerprint density at radius 1 is 1.27 bits per heavy atom. The number of likely N-dealkylation sites (N-methyl/N-ethyl adjacent to an activating group) is 1. The van der Waals surface area contributed by atoms with E-state index in [-0.39, 0.29) is 11.8 Å². The maximum absolute atomic E-state index is 12.4. The summed E-state index contributed by atoms with van der Waals surface area (Å²) in [5.41, 5.74) is 6.20. The standard InChI is InChI=1S/C23H33N5O4S/c1-3-28(4-2)11-12-31-18-9-5-7-16(13-18)20-14-19(21(33-20)27-22(24)29)32-23(30)26-17-8-6-10-25-15-17/h5,7,9,13-14,17,25H,3-4,6,8,10-12,15H2,1-2H3,(H,26,30)(H3,24,27,29). The molecule has 2 heterocycles. The van der Waals surface area contributed by atoms with Crippen molar-refractivity contribution in [3.63, 3.8) is 0 Å². The van der Waals surface area contributed by atoms with Crippen molar-refractivity contribution in [3.05, 3.63) is 30.3 Å². The van der Waals surface area contributed by atoms with E-state index in [9.17, 15) is 9.59 Å². The number of ether oxygens (including phenoxy) is 2. The first kappa shape index (κ1) is 24.8. The lowest BCUT2D eigenvalue weighted by Crippen LogP contribution is -2.46. The Morgan fingerprint density at radius 2 is 2.09 bits per heavy atom. The fraction of sp³-hybridized carbons (Fsp3) is 0.478. The van der Waals surface area contributed by atoms with Crippen molar-refractivity contribution in [1.29, 1.82) is 0 Å². The van der Waals surface area contributed by atoms with Crippen LogP contribution in [0, 0.1) is 0 Å². The molecule has 1 saturated heterocycles. The monoisotopic (exact) mass is 475 g/mol. The highest BCUT2D eigenvalue weighted by Crippen LogP contribution is 2.41. The van der Waals surface area contributed by atoms with Crippen molar-refractivity contribution in [2.45, 2.75) is 32.7 Å². The van der Waals surface area contributed by atoms with Crippen LogP contribution in [-0.4, -0.2) is 62.4 Å². The van der Waals surface area contributed by atoms with Crippen molar-refractivity contribution in [3.8, 4) is 21.9 Å². The van der Waals surface area contributed by atoms with Crippen LogP contribution < -0.4 is 31.2 Å². The van der Waals surface area contributed by atoms with Gasteiger partial charge in [0.2, 0.25) is 0 Å². The molecule has 1 aromatic carbocycles. The van der Waals surface area contributed by atoms with Crippen LogP contribution >= 0.6 is 11.3 Å². The molecule has 3 rings (SSSR count). The predicted octanol–water partition coefficient (Wildman–Crippen LogP) is 3.47. The van der Waals surface area contributed by atoms with Crippen molar-refractivity contribution in [2.75, 3.05) is 44.6 Å². The van der Waals surface area contributed by atoms with Crippen molar-refractivity contribution in [1.82, 2.24) is 15.5 Å². The second-order valence-corrected chi connectivity index (χ2v) is 8.83. The van der Waals surface area contributed by atoms with Crippen LogP contribution in [0.5, 0.6) is 11.5 Å². The number of primary amides is 1. The van der Waals surface area contributed by atoms with Crippen LogP contribution in [0.15, 0.2) is 30.3 Å². The molecule has 0 aliphatic carbocycles. The highest BCUT2D eigenvalue weighted by Gasteiger charge is 2.20. The number of hydrogen-bond acceptors (Lipinski definition) is 7. The first-order valence-corrected chi connectivity index (χ1v) is 12.1. The van der Waals surface area contributed by atoms with Gasteiger partial charge in [0, 0.05) is 30.1 Å². The number of hydrogen-bond donors (Lipinski definition) is 4. The molecular formula is C23H33N5O4S. The predicted molar refractivity (Wildman–Crippen MR) is 131 cm³/mol. The summed E-state index contributed by atoms with van der Waals surface area (Å²) in [6.45, 7) is 9.33. The second-order valence-electron chi connectivity index (χ2n) is 7.77. The van der Waals surface area contributed by atoms with Gasteiger partial charge in [0.25, 0.3) is 0 Å². The Kier molecular flexibility index (Phi) is 9.35. The smallest absolute Gasteiger partial charge is 0.412 e. The molecule has 9 nitrogen and oxygen atoms in total. The molecule has 1 aliphatic rings. The van der Waals surface area contributed by atoms with Gasteiger partial charge in [0.1, 0.15) is 17.4 Å². The van der Waals surface area contributed by atoms with Crippen LogP contribution in [0.3, 0.4) is 0 Å². The minimum atomic E-state index is -0.723. The van der Waals surface area contributed by atoms with E-state index < -0.39 is 12.1 Å². The zero-order chi connectivity index (χ0) is 23.6. The van der Waals surface area contributed by atoms with Crippen molar-refractivity contribution < 1.29 is 19.1 Å². The molecule has 1 unspecified atom stereocenters. The molecule has 2 aromatic rings. The Balaban J connectivity index is 1.70. The van der Waals surface area contributed by atoms with Gasteiger partial charge in [0.05, 0.1) is 0 Å². The number of nitrogens with zero attached hydrogens (tertiary/aromatic N) is 1. The second kappa shape index (κ2) is 12.4. The number of benzene rings is 1. The van der Waals surface area contributed by atoms with Gasteiger partial charge in [-0.05, 0) is 50.2 Å². The zero-order valence-corrected chi connectivity index (χ0v) is 20.0. The third kappa shape index (κ3) is 7.62. The average molecular weight is 476 g/mol. The van der Waals surface area contributed by atoms with Gasteiger partial charge in [-0.1, -0.05) is 26.0 Å². The van der Waals surface area contributed by atoms with Gasteiger partial charge in [-0.3, -0.25) is 5.32 Å². The zero-order valence-electron chi connectivity index (χ0n) is 19.2. The first-order chi connectivity index (χ1) is 16.0. The lowest BCUT2D eigenvalue weighted by atomic mass is 10.1. The number of carbonyl (C=O) groups is 2. The van der Waals surface area contributed by atoms with Crippen LogP contribution in [0.25, 0.3) is 10.4 Å². The topological polar surface area (TPSA) is 118 Å². The molecule has 1 atom stereocenters. The van der Waals surface area contributed by atoms with E-state index in [1.165, 1.54) is 11.3 Å². The van der Waals surface area contributed by atoms with Crippen molar-refractivity contribution in [2.24, 2.45) is 5.73 Å². The molecule has 5 N–H and O–H groups in total. The summed E-state index contributed by atoms with van der Waals surface area (Å²) in [5, 5.41) is 9.03. The Morgan fingerprint density at radius 3 is 2.79 bits per heavy atom. The lowest BCUT2D eigenvalue weighted by molar-refractivity contribution is 0.193. The number of anilines is 1. The summed E-state index contributed by atoms with van der Waals surface area (Å²) in [4.78, 5) is 27.0. The maximum Gasteiger partial charge on any atom is 0.412 e. The lowest BCUT2D eigenvalue weighted by Gasteiger charge is -2.23. The molecular weight excluding hydrogens is 442 g/mol. The quantitative estimate of drug-likeness (QED) is 0.418. The number of thiophene rings is 1. The Labute approximate surface area is 198 Å². The minimum Gasteiger partial charge on any atom is -0.492 e. The number of carbonyl (C=O) groups excluding carboxylic acids is 2. The molecule has 180 valence electrons. The van der Waals surface area contributed by atoms with Gasteiger partial charge in [0.15, 0.2) is 5.75 Å². The summed E-state index contributed by atoms with van der Waals surface area (Å²) in [7, 11) is 0. The molecule has 33 heavy (non-hydrogen) atoms. The molecule has 1 aliphatic heterocycles. The van der Waals surface area contributed by atoms with Crippen LogP contribution in [0.1, 0.15) is 26.7 Å². The van der Waals surface area contributed by atoms with Gasteiger partial charge in [-0.15, -0.1) is 11.3 Å². The van der Waals surface area contributed by atoms with Crippen LogP contribution in [0.2, 0.25) is 0 Å². The Bertz CT molecular complexity index is 925. The van der Waals surface area contributed by atoms with E-state index in [0.29, 0.717) is 18.2 Å². The molecule has 0 spiro atoms. The van der Waals surface area contributed by atoms with Crippen molar-refractivity contribution >= 4 is 28.5 Å². The van der Waals surface area contributed by atoms with Crippen LogP contribution in [0.4, 0.5) is 14.6 Å². The highest BCUT2D eigenvalue weighted by atomic mass is 32.1. The number of amides is 3. The fourth-order valence-corrected chi connectivity index (χ4v) is 4.62. The summed E-state index contributed by atoms with van der Waals surface area (Å²) < 4.78 is 11.4. The fourth-order valence-electron chi connectivity index (χ4n) is 3.63. The van der Waals surface area contributed by atoms with E-state index in [4.69, 9.17) is 15.2 Å². The summed E-state index contributed by atoms with van der Waals surface area (Å²) >= 11 is 1.28. The number of nitrogens with two attached hydrogens (primary N) is 1. The van der Waals surface area contributed by atoms with E-state index in [1.54, 1.807) is 6.07 Å². The third-order valence-corrected chi connectivity index (χ3v) is 6.53. The SMILES string of the molecule is CCN(CC)CCOc1cccc(-c2cc(OC(=O)NC3CCCNC3)c(NC(N)=O)s2)c1. The minimum absolute atomic E-state index is 0.0158. The maximum atomic E-state index is 12.4. The first-order valence-electron chi connectivity index (χ1n) is 11.3. The molecule has 0 radical (unpaired) electrons. The molecule has 1 aromatic heterocycles. The number of urea groups is 1. The normalized spacial score (nSPS) is 15.8. The van der Waals surface area contributed by atoms with Gasteiger partial charge < -0.3 is 30.7 Å². The number of rotatable bonds is 10. The van der Waals surface area contributed by atoms with E-state index in [0.717, 1.165) is 55.2 Å². The average Bonchev–Trinajstić information content (AvgIpc) is 3.19. The van der Waals surface area contributed by atoms with Gasteiger partial charge in [-0.2, -0.15) is 0 Å². The molecule has 10 heteroatoms. The molecule has 0 saturated carbocycles. The van der Waals surface area contributed by atoms with Crippen LogP contribution in [-0.2, 0) is 0 Å². The molecule has 0 bridgehead atoms. The summed E-state index contributed by atoms with van der Waals surface area (Å²) in [6.07, 6.45) is 1.33. The van der Waals surface area contributed by atoms with Gasteiger partial charge in [-0.25, -0.2) is 9.59 Å². The summed E-state index contributed by atoms with van der Waals surface area (Å²) in [6, 6.07) is 8.70. The van der Waals surface area contributed by atoms with E-state index >= 15 is 0 Å². The van der Waals surface area contributed by atoms with Gasteiger partial charge >= 0.3 is 12.1 Å². The number of piperidine rings is 1. The third-order valence-electron chi connectivity index (χ3n) is 5.45.